The number of nitrogens with zero attached hydrogens (tertiary/aromatic N) is 1. The average Bonchev–Trinajstić information content (AvgIpc) is 2.91. The Labute approximate surface area is 141 Å². The molecule has 0 saturated heterocycles. The first kappa shape index (κ1) is 15.1. The third-order valence-electron chi connectivity index (χ3n) is 4.40. The van der Waals surface area contributed by atoms with Gasteiger partial charge in [-0.25, -0.2) is 8.78 Å². The number of nitrogens with one attached hydrogen (secondary N) is 1. The molecule has 0 radical (unpaired) electrons. The summed E-state index contributed by atoms with van der Waals surface area (Å²) < 4.78 is 27.4. The molecule has 0 unspecified atom stereocenters. The molecule has 0 fully saturated rings. The van der Waals surface area contributed by atoms with E-state index in [9.17, 15) is 13.6 Å². The number of aromatic nitrogens is 1. The monoisotopic (exact) mass is 346 g/mol. The summed E-state index contributed by atoms with van der Waals surface area (Å²) in [6.07, 6.45) is 0.580. The molecule has 3 aromatic rings. The van der Waals surface area contributed by atoms with Gasteiger partial charge in [0.2, 0.25) is 0 Å². The van der Waals surface area contributed by atoms with E-state index in [0.29, 0.717) is 19.5 Å². The number of rotatable bonds is 1. The van der Waals surface area contributed by atoms with Crippen LogP contribution in [0, 0.1) is 11.6 Å². The number of amides is 1. The quantitative estimate of drug-likeness (QED) is 0.700. The molecule has 0 spiro atoms. The largest absolute Gasteiger partial charge is 0.357 e. The molecule has 1 aliphatic rings. The lowest BCUT2D eigenvalue weighted by molar-refractivity contribution is 0.0728. The third kappa shape index (κ3) is 2.36. The van der Waals surface area contributed by atoms with Gasteiger partial charge in [0.15, 0.2) is 0 Å². The summed E-state index contributed by atoms with van der Waals surface area (Å²) in [5.41, 5.74) is 2.58. The van der Waals surface area contributed by atoms with E-state index in [1.807, 2.05) is 0 Å². The molecule has 0 bridgehead atoms. The fraction of sp³-hybridized carbons (Fsp3) is 0.167. The maximum absolute atomic E-state index is 14.0. The van der Waals surface area contributed by atoms with E-state index in [1.165, 1.54) is 30.3 Å². The van der Waals surface area contributed by atoms with E-state index in [0.717, 1.165) is 22.2 Å². The molecular weight excluding hydrogens is 334 g/mol. The number of hydrogen-bond donors (Lipinski definition) is 1. The first-order chi connectivity index (χ1) is 11.5. The van der Waals surface area contributed by atoms with Crippen LogP contribution >= 0.6 is 11.6 Å². The van der Waals surface area contributed by atoms with Crippen LogP contribution in [0.2, 0.25) is 5.02 Å². The number of benzene rings is 2. The SMILES string of the molecule is O=C(c1c(F)cccc1Cl)N1CCc2c([nH]c3ccc(F)cc23)C1. The number of halogens is 3. The van der Waals surface area contributed by atoms with E-state index in [-0.39, 0.29) is 16.4 Å². The van der Waals surface area contributed by atoms with Gasteiger partial charge in [-0.05, 0) is 42.3 Å². The second kappa shape index (κ2) is 5.60. The highest BCUT2D eigenvalue weighted by molar-refractivity contribution is 6.33. The molecule has 4 rings (SSSR count). The fourth-order valence-electron chi connectivity index (χ4n) is 3.25. The number of fused-ring (bicyclic) bond motifs is 3. The predicted molar refractivity (Wildman–Crippen MR) is 88.1 cm³/mol. The van der Waals surface area contributed by atoms with Crippen molar-refractivity contribution in [3.63, 3.8) is 0 Å². The topological polar surface area (TPSA) is 36.1 Å². The highest BCUT2D eigenvalue weighted by Gasteiger charge is 2.27. The van der Waals surface area contributed by atoms with Gasteiger partial charge in [0, 0.05) is 23.1 Å². The molecule has 1 aliphatic heterocycles. The highest BCUT2D eigenvalue weighted by Crippen LogP contribution is 2.30. The van der Waals surface area contributed by atoms with Gasteiger partial charge in [-0.1, -0.05) is 17.7 Å². The first-order valence-corrected chi connectivity index (χ1v) is 7.94. The molecule has 1 amide bonds. The van der Waals surface area contributed by atoms with Crippen LogP contribution in [0.3, 0.4) is 0 Å². The molecule has 0 aliphatic carbocycles. The lowest BCUT2D eigenvalue weighted by Gasteiger charge is -2.27. The summed E-state index contributed by atoms with van der Waals surface area (Å²) >= 11 is 5.99. The Bertz CT molecular complexity index is 947. The van der Waals surface area contributed by atoms with Crippen LogP contribution in [0.15, 0.2) is 36.4 Å². The van der Waals surface area contributed by atoms with Crippen molar-refractivity contribution in [2.45, 2.75) is 13.0 Å². The molecule has 1 N–H and O–H groups in total. The van der Waals surface area contributed by atoms with Gasteiger partial charge in [0.25, 0.3) is 5.91 Å². The van der Waals surface area contributed by atoms with Crippen LogP contribution in [0.5, 0.6) is 0 Å². The lowest BCUT2D eigenvalue weighted by Crippen LogP contribution is -2.36. The normalized spacial score (nSPS) is 14.0. The van der Waals surface area contributed by atoms with Crippen molar-refractivity contribution >= 4 is 28.4 Å². The van der Waals surface area contributed by atoms with Crippen molar-refractivity contribution in [2.75, 3.05) is 6.54 Å². The van der Waals surface area contributed by atoms with Crippen molar-refractivity contribution in [2.24, 2.45) is 0 Å². The smallest absolute Gasteiger partial charge is 0.258 e. The molecule has 2 heterocycles. The molecule has 0 atom stereocenters. The van der Waals surface area contributed by atoms with Crippen LogP contribution in [0.4, 0.5) is 8.78 Å². The summed E-state index contributed by atoms with van der Waals surface area (Å²) in [4.78, 5) is 17.4. The van der Waals surface area contributed by atoms with Crippen LogP contribution in [-0.4, -0.2) is 22.3 Å². The van der Waals surface area contributed by atoms with Crippen LogP contribution in [-0.2, 0) is 13.0 Å². The van der Waals surface area contributed by atoms with Crippen LogP contribution < -0.4 is 0 Å². The number of aromatic amines is 1. The Morgan fingerprint density at radius 2 is 2.04 bits per heavy atom. The lowest BCUT2D eigenvalue weighted by atomic mass is 10.0. The van der Waals surface area contributed by atoms with Gasteiger partial charge in [-0.15, -0.1) is 0 Å². The van der Waals surface area contributed by atoms with Crippen molar-refractivity contribution in [1.29, 1.82) is 0 Å². The zero-order valence-electron chi connectivity index (χ0n) is 12.6. The van der Waals surface area contributed by atoms with Crippen molar-refractivity contribution in [3.8, 4) is 0 Å². The minimum absolute atomic E-state index is 0.101. The molecule has 0 saturated carbocycles. The zero-order valence-corrected chi connectivity index (χ0v) is 13.3. The van der Waals surface area contributed by atoms with Gasteiger partial charge in [-0.2, -0.15) is 0 Å². The number of hydrogen-bond acceptors (Lipinski definition) is 1. The molecule has 122 valence electrons. The number of carbonyl (C=O) groups excluding carboxylic acids is 1. The number of carbonyl (C=O) groups is 1. The third-order valence-corrected chi connectivity index (χ3v) is 4.72. The average molecular weight is 347 g/mol. The van der Waals surface area contributed by atoms with E-state index < -0.39 is 11.7 Å². The minimum atomic E-state index is -0.628. The Morgan fingerprint density at radius 3 is 2.83 bits per heavy atom. The fourth-order valence-corrected chi connectivity index (χ4v) is 3.49. The molecule has 24 heavy (non-hydrogen) atoms. The summed E-state index contributed by atoms with van der Waals surface area (Å²) in [6.45, 7) is 0.745. The summed E-state index contributed by atoms with van der Waals surface area (Å²) in [5.74, 6) is -1.36. The standard InChI is InChI=1S/C18H13ClF2N2O/c19-13-2-1-3-14(21)17(13)18(24)23-7-6-11-12-8-10(20)4-5-15(12)22-16(11)9-23/h1-5,8,22H,6-7,9H2. The second-order valence-electron chi connectivity index (χ2n) is 5.85. The van der Waals surface area contributed by atoms with Crippen molar-refractivity contribution < 1.29 is 13.6 Å². The first-order valence-electron chi connectivity index (χ1n) is 7.57. The summed E-state index contributed by atoms with van der Waals surface area (Å²) in [6, 6.07) is 8.76. The maximum atomic E-state index is 14.0. The van der Waals surface area contributed by atoms with Crippen molar-refractivity contribution in [1.82, 2.24) is 9.88 Å². The van der Waals surface area contributed by atoms with Gasteiger partial charge in [0.05, 0.1) is 17.1 Å². The van der Waals surface area contributed by atoms with Gasteiger partial charge in [-0.3, -0.25) is 4.79 Å². The molecule has 3 nitrogen and oxygen atoms in total. The maximum Gasteiger partial charge on any atom is 0.258 e. The van der Waals surface area contributed by atoms with Crippen LogP contribution in [0.25, 0.3) is 10.9 Å². The van der Waals surface area contributed by atoms with E-state index in [1.54, 1.807) is 11.0 Å². The molecular formula is C18H13ClF2N2O. The Morgan fingerprint density at radius 1 is 1.21 bits per heavy atom. The number of H-pyrrole nitrogens is 1. The van der Waals surface area contributed by atoms with Gasteiger partial charge < -0.3 is 9.88 Å². The Kier molecular flexibility index (Phi) is 3.53. The van der Waals surface area contributed by atoms with E-state index in [4.69, 9.17) is 11.6 Å². The zero-order chi connectivity index (χ0) is 16.8. The van der Waals surface area contributed by atoms with Gasteiger partial charge >= 0.3 is 0 Å². The second-order valence-corrected chi connectivity index (χ2v) is 6.25. The Hall–Kier alpha value is -2.40. The Balaban J connectivity index is 1.69. The predicted octanol–water partition coefficient (Wildman–Crippen LogP) is 4.30. The van der Waals surface area contributed by atoms with E-state index in [2.05, 4.69) is 4.98 Å². The van der Waals surface area contributed by atoms with Crippen molar-refractivity contribution in [3.05, 3.63) is 69.9 Å². The summed E-state index contributed by atoms with van der Waals surface area (Å²) in [5, 5.41) is 0.936. The molecule has 2 aromatic carbocycles. The molecule has 6 heteroatoms. The van der Waals surface area contributed by atoms with Gasteiger partial charge in [0.1, 0.15) is 11.6 Å². The van der Waals surface area contributed by atoms with E-state index >= 15 is 0 Å². The highest BCUT2D eigenvalue weighted by atomic mass is 35.5. The van der Waals surface area contributed by atoms with Crippen LogP contribution in [0.1, 0.15) is 21.6 Å². The minimum Gasteiger partial charge on any atom is -0.357 e. The summed E-state index contributed by atoms with van der Waals surface area (Å²) in [7, 11) is 0. The molecule has 1 aromatic heterocycles.